The molecule has 0 N–H and O–H groups in total. The summed E-state index contributed by atoms with van der Waals surface area (Å²) in [6, 6.07) is 0. The van der Waals surface area contributed by atoms with Gasteiger partial charge < -0.3 is 14.5 Å². The van der Waals surface area contributed by atoms with Gasteiger partial charge in [-0.05, 0) is 31.7 Å². The van der Waals surface area contributed by atoms with E-state index in [1.54, 1.807) is 0 Å². The number of rotatable bonds is 3. The smallest absolute Gasteiger partial charge is 0.227 e. The molecule has 0 saturated carbocycles. The number of amides is 1. The van der Waals surface area contributed by atoms with E-state index >= 15 is 0 Å². The van der Waals surface area contributed by atoms with Crippen molar-refractivity contribution in [2.45, 2.75) is 33.1 Å². The summed E-state index contributed by atoms with van der Waals surface area (Å²) in [6.45, 7) is 11.3. The van der Waals surface area contributed by atoms with Crippen molar-refractivity contribution < 1.29 is 9.53 Å². The van der Waals surface area contributed by atoms with Gasteiger partial charge in [0.05, 0.1) is 12.5 Å². The maximum absolute atomic E-state index is 12.7. The zero-order chi connectivity index (χ0) is 14.2. The van der Waals surface area contributed by atoms with Gasteiger partial charge in [0.25, 0.3) is 0 Å². The molecular formula is C16H28N2O2. The minimum atomic E-state index is 0.242. The summed E-state index contributed by atoms with van der Waals surface area (Å²) in [5, 5.41) is 0. The molecular weight excluding hydrogens is 252 g/mol. The van der Waals surface area contributed by atoms with E-state index in [0.717, 1.165) is 65.2 Å². The van der Waals surface area contributed by atoms with Gasteiger partial charge in [0.15, 0.2) is 0 Å². The first-order chi connectivity index (χ1) is 9.58. The Hall–Kier alpha value is -0.610. The third-order valence-electron chi connectivity index (χ3n) is 5.18. The normalized spacial score (nSPS) is 34.8. The van der Waals surface area contributed by atoms with Crippen molar-refractivity contribution in [1.82, 2.24) is 9.80 Å². The second-order valence-electron chi connectivity index (χ2n) is 7.45. The summed E-state index contributed by atoms with van der Waals surface area (Å²) in [4.78, 5) is 17.3. The number of likely N-dealkylation sites (tertiary alicyclic amines) is 2. The van der Waals surface area contributed by atoms with Crippen molar-refractivity contribution in [1.29, 1.82) is 0 Å². The minimum absolute atomic E-state index is 0.242. The van der Waals surface area contributed by atoms with Gasteiger partial charge in [0.1, 0.15) is 0 Å². The van der Waals surface area contributed by atoms with E-state index in [2.05, 4.69) is 23.6 Å². The average molecular weight is 280 g/mol. The van der Waals surface area contributed by atoms with Crippen LogP contribution in [0.15, 0.2) is 0 Å². The van der Waals surface area contributed by atoms with Crippen molar-refractivity contribution in [3.8, 4) is 0 Å². The van der Waals surface area contributed by atoms with Crippen LogP contribution in [0.5, 0.6) is 0 Å². The summed E-state index contributed by atoms with van der Waals surface area (Å²) in [7, 11) is 0. The summed E-state index contributed by atoms with van der Waals surface area (Å²) < 4.78 is 5.55. The van der Waals surface area contributed by atoms with Gasteiger partial charge in [0.2, 0.25) is 5.91 Å². The van der Waals surface area contributed by atoms with Gasteiger partial charge in [-0.15, -0.1) is 0 Å². The molecule has 0 aromatic carbocycles. The Morgan fingerprint density at radius 3 is 2.90 bits per heavy atom. The lowest BCUT2D eigenvalue weighted by Crippen LogP contribution is -2.38. The van der Waals surface area contributed by atoms with Crippen LogP contribution in [-0.4, -0.2) is 61.6 Å². The molecule has 3 aliphatic rings. The highest BCUT2D eigenvalue weighted by molar-refractivity contribution is 5.79. The quantitative estimate of drug-likeness (QED) is 0.787. The molecule has 0 bridgehead atoms. The van der Waals surface area contributed by atoms with Crippen LogP contribution in [0.25, 0.3) is 0 Å². The van der Waals surface area contributed by atoms with Crippen LogP contribution in [0, 0.1) is 17.3 Å². The van der Waals surface area contributed by atoms with E-state index in [0.29, 0.717) is 17.2 Å². The Morgan fingerprint density at radius 2 is 2.20 bits per heavy atom. The highest BCUT2D eigenvalue weighted by atomic mass is 16.5. The number of hydrogen-bond donors (Lipinski definition) is 0. The lowest BCUT2D eigenvalue weighted by molar-refractivity contribution is -0.134. The van der Waals surface area contributed by atoms with Crippen LogP contribution in [0.2, 0.25) is 0 Å². The van der Waals surface area contributed by atoms with Crippen molar-refractivity contribution in [2.75, 3.05) is 45.9 Å². The van der Waals surface area contributed by atoms with Crippen LogP contribution < -0.4 is 0 Å². The molecule has 0 radical (unpaired) electrons. The van der Waals surface area contributed by atoms with E-state index < -0.39 is 0 Å². The third-order valence-corrected chi connectivity index (χ3v) is 5.18. The van der Waals surface area contributed by atoms with Crippen LogP contribution in [0.1, 0.15) is 33.1 Å². The van der Waals surface area contributed by atoms with Crippen LogP contribution in [-0.2, 0) is 9.53 Å². The van der Waals surface area contributed by atoms with Crippen LogP contribution in [0.4, 0.5) is 0 Å². The topological polar surface area (TPSA) is 32.8 Å². The van der Waals surface area contributed by atoms with Gasteiger partial charge in [-0.2, -0.15) is 0 Å². The molecule has 3 heterocycles. The number of nitrogens with zero attached hydrogens (tertiary/aromatic N) is 2. The highest BCUT2D eigenvalue weighted by Gasteiger charge is 2.44. The highest BCUT2D eigenvalue weighted by Crippen LogP contribution is 2.39. The maximum Gasteiger partial charge on any atom is 0.227 e. The third kappa shape index (κ3) is 2.86. The molecule has 0 aromatic heterocycles. The molecule has 0 aliphatic carbocycles. The number of carbonyl (C=O) groups excluding carboxylic acids is 1. The molecule has 1 spiro atoms. The zero-order valence-corrected chi connectivity index (χ0v) is 12.9. The first-order valence-corrected chi connectivity index (χ1v) is 8.17. The standard InChI is InChI=1S/C16H28N2O2/c1-13(2)9-17-6-3-14(10-17)15(19)18-7-4-16(11-18)5-8-20-12-16/h13-14H,3-12H2,1-2H3/t14-,16+/m0/s1. The average Bonchev–Trinajstić information content (AvgIpc) is 3.11. The van der Waals surface area contributed by atoms with Crippen molar-refractivity contribution >= 4 is 5.91 Å². The Balaban J connectivity index is 1.52. The number of ether oxygens (including phenoxy) is 1. The fraction of sp³-hybridized carbons (Fsp3) is 0.938. The molecule has 0 unspecified atom stereocenters. The SMILES string of the molecule is CC(C)CN1CC[C@H](C(=O)N2CC[C@@]3(CCOC3)C2)C1. The van der Waals surface area contributed by atoms with E-state index in [-0.39, 0.29) is 5.92 Å². The predicted octanol–water partition coefficient (Wildman–Crippen LogP) is 1.60. The van der Waals surface area contributed by atoms with Gasteiger partial charge in [-0.3, -0.25) is 4.79 Å². The van der Waals surface area contributed by atoms with Gasteiger partial charge >= 0.3 is 0 Å². The Kier molecular flexibility index (Phi) is 4.04. The van der Waals surface area contributed by atoms with E-state index in [4.69, 9.17) is 4.74 Å². The Morgan fingerprint density at radius 1 is 1.35 bits per heavy atom. The summed E-state index contributed by atoms with van der Waals surface area (Å²) >= 11 is 0. The summed E-state index contributed by atoms with van der Waals surface area (Å²) in [5.74, 6) is 1.33. The first kappa shape index (κ1) is 14.3. The fourth-order valence-corrected chi connectivity index (χ4v) is 4.07. The second-order valence-corrected chi connectivity index (χ2v) is 7.45. The molecule has 2 atom stereocenters. The van der Waals surface area contributed by atoms with Crippen molar-refractivity contribution in [2.24, 2.45) is 17.3 Å². The molecule has 3 rings (SSSR count). The predicted molar refractivity (Wildman–Crippen MR) is 78.5 cm³/mol. The molecule has 1 amide bonds. The van der Waals surface area contributed by atoms with E-state index in [9.17, 15) is 4.79 Å². The fourth-order valence-electron chi connectivity index (χ4n) is 4.07. The van der Waals surface area contributed by atoms with Gasteiger partial charge in [0, 0.05) is 38.2 Å². The van der Waals surface area contributed by atoms with E-state index in [1.807, 2.05) is 0 Å². The molecule has 4 heteroatoms. The second kappa shape index (κ2) is 5.64. The van der Waals surface area contributed by atoms with Crippen molar-refractivity contribution in [3.63, 3.8) is 0 Å². The largest absolute Gasteiger partial charge is 0.381 e. The van der Waals surface area contributed by atoms with Gasteiger partial charge in [-0.1, -0.05) is 13.8 Å². The maximum atomic E-state index is 12.7. The molecule has 4 nitrogen and oxygen atoms in total. The minimum Gasteiger partial charge on any atom is -0.381 e. The lowest BCUT2D eigenvalue weighted by Gasteiger charge is -2.24. The molecule has 3 saturated heterocycles. The number of hydrogen-bond acceptors (Lipinski definition) is 3. The van der Waals surface area contributed by atoms with Crippen LogP contribution >= 0.6 is 0 Å². The molecule has 20 heavy (non-hydrogen) atoms. The number of carbonyl (C=O) groups is 1. The molecule has 114 valence electrons. The molecule has 3 aliphatic heterocycles. The molecule has 3 fully saturated rings. The Bertz CT molecular complexity index is 363. The van der Waals surface area contributed by atoms with Crippen LogP contribution in [0.3, 0.4) is 0 Å². The van der Waals surface area contributed by atoms with E-state index in [1.165, 1.54) is 0 Å². The first-order valence-electron chi connectivity index (χ1n) is 8.17. The monoisotopic (exact) mass is 280 g/mol. The zero-order valence-electron chi connectivity index (χ0n) is 12.9. The van der Waals surface area contributed by atoms with Crippen molar-refractivity contribution in [3.05, 3.63) is 0 Å². The summed E-state index contributed by atoms with van der Waals surface area (Å²) in [6.07, 6.45) is 3.33. The Labute approximate surface area is 122 Å². The van der Waals surface area contributed by atoms with Gasteiger partial charge in [-0.25, -0.2) is 0 Å². The summed E-state index contributed by atoms with van der Waals surface area (Å²) in [5.41, 5.74) is 0.298. The molecule has 0 aromatic rings. The lowest BCUT2D eigenvalue weighted by atomic mass is 9.87.